The van der Waals surface area contributed by atoms with Crippen LogP contribution >= 0.6 is 11.6 Å². The lowest BCUT2D eigenvalue weighted by molar-refractivity contribution is -0.145. The van der Waals surface area contributed by atoms with Gasteiger partial charge in [0.2, 0.25) is 12.3 Å². The molecule has 114 valence electrons. The molecular formula is C14H15ClF2N2O2. The maximum Gasteiger partial charge on any atom is 0.240 e. The van der Waals surface area contributed by atoms with Crippen molar-refractivity contribution in [2.24, 2.45) is 0 Å². The molecule has 1 N–H and O–H groups in total. The van der Waals surface area contributed by atoms with E-state index in [4.69, 9.17) is 16.3 Å². The molecule has 0 radical (unpaired) electrons. The second-order valence-corrected chi connectivity index (χ2v) is 5.98. The summed E-state index contributed by atoms with van der Waals surface area (Å²) in [6.07, 6.45) is -2.93. The van der Waals surface area contributed by atoms with Crippen molar-refractivity contribution < 1.29 is 18.3 Å². The summed E-state index contributed by atoms with van der Waals surface area (Å²) in [5, 5.41) is 3.07. The van der Waals surface area contributed by atoms with Gasteiger partial charge in [-0.15, -0.1) is 0 Å². The van der Waals surface area contributed by atoms with E-state index in [0.717, 1.165) is 5.56 Å². The van der Waals surface area contributed by atoms with Crippen LogP contribution < -0.4 is 5.32 Å². The molecule has 1 atom stereocenters. The highest BCUT2D eigenvalue weighted by Gasteiger charge is 2.56. The van der Waals surface area contributed by atoms with Crippen molar-refractivity contribution >= 4 is 17.5 Å². The van der Waals surface area contributed by atoms with Crippen LogP contribution in [0.5, 0.6) is 0 Å². The molecule has 0 aromatic carbocycles. The summed E-state index contributed by atoms with van der Waals surface area (Å²) in [4.78, 5) is 16.8. The normalized spacial score (nSPS) is 26.4. The van der Waals surface area contributed by atoms with E-state index in [0.29, 0.717) is 18.9 Å². The van der Waals surface area contributed by atoms with Gasteiger partial charge in [-0.25, -0.2) is 13.8 Å². The molecule has 3 heterocycles. The molecule has 0 saturated carbocycles. The van der Waals surface area contributed by atoms with Crippen molar-refractivity contribution in [3.63, 3.8) is 0 Å². The van der Waals surface area contributed by atoms with Crippen molar-refractivity contribution in [2.75, 3.05) is 13.2 Å². The number of amides is 1. The molecule has 3 rings (SSSR count). The predicted molar refractivity (Wildman–Crippen MR) is 72.5 cm³/mol. The maximum absolute atomic E-state index is 13.0. The first kappa shape index (κ1) is 14.7. The summed E-state index contributed by atoms with van der Waals surface area (Å²) in [6, 6.07) is 3.36. The largest absolute Gasteiger partial charge is 0.376 e. The van der Waals surface area contributed by atoms with Gasteiger partial charge in [-0.2, -0.15) is 0 Å². The Balaban J connectivity index is 2.20. The predicted octanol–water partition coefficient (Wildman–Crippen LogP) is 2.39. The Kier molecular flexibility index (Phi) is 3.41. The monoisotopic (exact) mass is 316 g/mol. The maximum atomic E-state index is 13.0. The zero-order valence-electron chi connectivity index (χ0n) is 11.5. The molecule has 0 aliphatic carbocycles. The summed E-state index contributed by atoms with van der Waals surface area (Å²) in [7, 11) is 0. The standard InChI is InChI=1S/C14H15ClF2N2O2/c1-2-13(5-10(16)17)11-8(3-4-9(15)18-11)14(6-21-7-14)19-12(13)20/h3-4,10H,2,5-7H2,1H3,(H,19,20). The lowest BCUT2D eigenvalue weighted by atomic mass is 9.68. The summed E-state index contributed by atoms with van der Waals surface area (Å²) in [5.74, 6) is -0.420. The number of carbonyl (C=O) groups excluding carboxylic acids is 1. The number of halogens is 3. The van der Waals surface area contributed by atoms with Gasteiger partial charge in [0.1, 0.15) is 10.7 Å². The second-order valence-electron chi connectivity index (χ2n) is 5.59. The Hall–Kier alpha value is -1.27. The van der Waals surface area contributed by atoms with Crippen LogP contribution in [0.3, 0.4) is 0 Å². The zero-order chi connectivity index (χ0) is 15.3. The Morgan fingerprint density at radius 3 is 2.71 bits per heavy atom. The van der Waals surface area contributed by atoms with Crippen molar-refractivity contribution in [1.29, 1.82) is 0 Å². The molecule has 2 aliphatic rings. The molecule has 4 nitrogen and oxygen atoms in total. The first-order chi connectivity index (χ1) is 9.93. The Bertz CT molecular complexity index is 592. The summed E-state index contributed by atoms with van der Waals surface area (Å²) in [6.45, 7) is 2.36. The Morgan fingerprint density at radius 1 is 1.48 bits per heavy atom. The van der Waals surface area contributed by atoms with E-state index in [1.54, 1.807) is 19.1 Å². The van der Waals surface area contributed by atoms with Gasteiger partial charge in [0.25, 0.3) is 0 Å². The lowest BCUT2D eigenvalue weighted by Crippen LogP contribution is -2.67. The topological polar surface area (TPSA) is 51.2 Å². The highest BCUT2D eigenvalue weighted by atomic mass is 35.5. The van der Waals surface area contributed by atoms with Gasteiger partial charge in [0, 0.05) is 12.0 Å². The van der Waals surface area contributed by atoms with Gasteiger partial charge >= 0.3 is 0 Å². The van der Waals surface area contributed by atoms with Gasteiger partial charge in [-0.05, 0) is 12.5 Å². The van der Waals surface area contributed by atoms with Crippen LogP contribution in [0.1, 0.15) is 31.0 Å². The number of aromatic nitrogens is 1. The first-order valence-corrected chi connectivity index (χ1v) is 7.17. The number of hydrogen-bond acceptors (Lipinski definition) is 3. The third-order valence-electron chi connectivity index (χ3n) is 4.42. The highest BCUT2D eigenvalue weighted by molar-refractivity contribution is 6.29. The Labute approximate surface area is 125 Å². The van der Waals surface area contributed by atoms with E-state index in [1.165, 1.54) is 0 Å². The van der Waals surface area contributed by atoms with Crippen molar-refractivity contribution in [3.8, 4) is 0 Å². The average Bonchev–Trinajstić information content (AvgIpc) is 2.39. The fourth-order valence-electron chi connectivity index (χ4n) is 3.16. The third kappa shape index (κ3) is 2.04. The van der Waals surface area contributed by atoms with Gasteiger partial charge < -0.3 is 10.1 Å². The number of alkyl halides is 2. The number of nitrogens with one attached hydrogen (secondary N) is 1. The first-order valence-electron chi connectivity index (χ1n) is 6.79. The molecule has 1 amide bonds. The number of fused-ring (bicyclic) bond motifs is 2. The zero-order valence-corrected chi connectivity index (χ0v) is 12.2. The minimum absolute atomic E-state index is 0.200. The number of hydrogen-bond donors (Lipinski definition) is 1. The highest BCUT2D eigenvalue weighted by Crippen LogP contribution is 2.45. The minimum atomic E-state index is -2.60. The molecule has 21 heavy (non-hydrogen) atoms. The van der Waals surface area contributed by atoms with E-state index in [-0.39, 0.29) is 11.6 Å². The van der Waals surface area contributed by atoms with Crippen LogP contribution in [0.4, 0.5) is 8.78 Å². The number of rotatable bonds is 3. The molecule has 1 unspecified atom stereocenters. The van der Waals surface area contributed by atoms with Crippen molar-refractivity contribution in [1.82, 2.24) is 10.3 Å². The minimum Gasteiger partial charge on any atom is -0.376 e. The van der Waals surface area contributed by atoms with Crippen LogP contribution in [0.2, 0.25) is 5.15 Å². The molecule has 7 heteroatoms. The fourth-order valence-corrected chi connectivity index (χ4v) is 3.30. The SMILES string of the molecule is CCC1(CC(F)F)C(=O)NC2(COC2)c2ccc(Cl)nc21. The van der Waals surface area contributed by atoms with E-state index < -0.39 is 29.7 Å². The molecule has 1 aromatic heterocycles. The molecule has 1 aromatic rings. The van der Waals surface area contributed by atoms with Crippen LogP contribution in [-0.4, -0.2) is 30.5 Å². The van der Waals surface area contributed by atoms with Crippen molar-refractivity contribution in [2.45, 2.75) is 37.1 Å². The molecule has 1 fully saturated rings. The summed E-state index contributed by atoms with van der Waals surface area (Å²) >= 11 is 5.94. The van der Waals surface area contributed by atoms with Crippen LogP contribution in [-0.2, 0) is 20.5 Å². The van der Waals surface area contributed by atoms with Gasteiger partial charge in [-0.3, -0.25) is 4.79 Å². The number of carbonyl (C=O) groups is 1. The molecule has 1 spiro atoms. The molecular weight excluding hydrogens is 302 g/mol. The summed E-state index contributed by atoms with van der Waals surface area (Å²) in [5.41, 5.74) is -0.884. The van der Waals surface area contributed by atoms with Gasteiger partial charge in [0.15, 0.2) is 0 Å². The molecule has 1 saturated heterocycles. The van der Waals surface area contributed by atoms with Crippen LogP contribution in [0.15, 0.2) is 12.1 Å². The Morgan fingerprint density at radius 2 is 2.19 bits per heavy atom. The fraction of sp³-hybridized carbons (Fsp3) is 0.571. The van der Waals surface area contributed by atoms with Crippen LogP contribution in [0, 0.1) is 0 Å². The number of ether oxygens (including phenoxy) is 1. The van der Waals surface area contributed by atoms with E-state index in [2.05, 4.69) is 10.3 Å². The van der Waals surface area contributed by atoms with Crippen LogP contribution in [0.25, 0.3) is 0 Å². The quantitative estimate of drug-likeness (QED) is 0.871. The molecule has 2 aliphatic heterocycles. The van der Waals surface area contributed by atoms with Gasteiger partial charge in [-0.1, -0.05) is 24.6 Å². The number of nitrogens with zero attached hydrogens (tertiary/aromatic N) is 1. The smallest absolute Gasteiger partial charge is 0.240 e. The number of pyridine rings is 1. The van der Waals surface area contributed by atoms with Crippen molar-refractivity contribution in [3.05, 3.63) is 28.5 Å². The van der Waals surface area contributed by atoms with Gasteiger partial charge in [0.05, 0.1) is 24.3 Å². The molecule has 0 bridgehead atoms. The van der Waals surface area contributed by atoms with E-state index >= 15 is 0 Å². The second kappa shape index (κ2) is 4.88. The lowest BCUT2D eigenvalue weighted by Gasteiger charge is -2.50. The summed E-state index contributed by atoms with van der Waals surface area (Å²) < 4.78 is 31.3. The third-order valence-corrected chi connectivity index (χ3v) is 4.63. The average molecular weight is 317 g/mol. The van der Waals surface area contributed by atoms with E-state index in [9.17, 15) is 13.6 Å². The van der Waals surface area contributed by atoms with E-state index in [1.807, 2.05) is 0 Å².